The molecule has 3 heteroatoms. The van der Waals surface area contributed by atoms with Crippen LogP contribution in [0, 0.1) is 11.8 Å². The number of fused-ring (bicyclic) bond motifs is 1. The molecule has 0 spiro atoms. The maximum Gasteiger partial charge on any atom is 0.124 e. The van der Waals surface area contributed by atoms with Crippen LogP contribution in [0.15, 0.2) is 34.3 Å². The molecule has 0 fully saturated rings. The number of ether oxygens (including phenoxy) is 1. The second-order valence-electron chi connectivity index (χ2n) is 6.37. The number of hydrogen-bond donors (Lipinski definition) is 1. The molecule has 0 aromatic heterocycles. The van der Waals surface area contributed by atoms with E-state index in [1.807, 2.05) is 12.1 Å². The molecule has 0 bridgehead atoms. The Morgan fingerprint density at radius 2 is 2.10 bits per heavy atom. The average molecular weight is 336 g/mol. The van der Waals surface area contributed by atoms with Crippen molar-refractivity contribution in [3.05, 3.63) is 39.9 Å². The molecule has 108 valence electrons. The Morgan fingerprint density at radius 1 is 1.30 bits per heavy atom. The van der Waals surface area contributed by atoms with Crippen molar-refractivity contribution in [1.82, 2.24) is 0 Å². The van der Waals surface area contributed by atoms with Gasteiger partial charge in [0.2, 0.25) is 0 Å². The van der Waals surface area contributed by atoms with Gasteiger partial charge in [0, 0.05) is 28.4 Å². The second-order valence-corrected chi connectivity index (χ2v) is 7.29. The first-order valence-corrected chi connectivity index (χ1v) is 8.21. The van der Waals surface area contributed by atoms with Crippen LogP contribution in [0.1, 0.15) is 44.7 Å². The fraction of sp³-hybridized carbons (Fsp3) is 0.529. The van der Waals surface area contributed by atoms with Crippen LogP contribution in [0.5, 0.6) is 5.75 Å². The monoisotopic (exact) mass is 335 g/mol. The van der Waals surface area contributed by atoms with Crippen LogP contribution in [0.4, 0.5) is 0 Å². The summed E-state index contributed by atoms with van der Waals surface area (Å²) >= 11 is 3.51. The maximum absolute atomic E-state index is 6.37. The molecule has 4 atom stereocenters. The van der Waals surface area contributed by atoms with E-state index in [2.05, 4.69) is 41.9 Å². The van der Waals surface area contributed by atoms with Crippen LogP contribution in [-0.4, -0.2) is 6.10 Å². The predicted octanol–water partition coefficient (Wildman–Crippen LogP) is 4.59. The van der Waals surface area contributed by atoms with E-state index in [1.165, 1.54) is 12.0 Å². The molecule has 2 nitrogen and oxygen atoms in total. The zero-order chi connectivity index (χ0) is 14.3. The average Bonchev–Trinajstić information content (AvgIpc) is 2.38. The fourth-order valence-electron chi connectivity index (χ4n) is 3.67. The van der Waals surface area contributed by atoms with Gasteiger partial charge in [-0.25, -0.2) is 0 Å². The van der Waals surface area contributed by atoms with Crippen LogP contribution in [-0.2, 0) is 0 Å². The number of rotatable bonds is 1. The molecule has 1 heterocycles. The first kappa shape index (κ1) is 14.2. The zero-order valence-corrected chi connectivity index (χ0v) is 13.7. The highest BCUT2D eigenvalue weighted by atomic mass is 79.9. The van der Waals surface area contributed by atoms with Crippen LogP contribution in [0.25, 0.3) is 0 Å². The van der Waals surface area contributed by atoms with Gasteiger partial charge in [-0.15, -0.1) is 0 Å². The molecule has 0 saturated carbocycles. The summed E-state index contributed by atoms with van der Waals surface area (Å²) in [6.07, 6.45) is 5.93. The first-order valence-electron chi connectivity index (χ1n) is 7.42. The van der Waals surface area contributed by atoms with E-state index >= 15 is 0 Å². The standard InChI is InChI=1S/C17H22BrNO/c1-10-5-11(2)7-12(6-10)17-9-15(19)14-8-13(18)3-4-16(14)20-17/h3-5,8,10,12,15,17H,6-7,9,19H2,1-2H3. The lowest BCUT2D eigenvalue weighted by molar-refractivity contribution is 0.0857. The highest BCUT2D eigenvalue weighted by molar-refractivity contribution is 9.10. The number of nitrogens with two attached hydrogens (primary N) is 1. The number of allylic oxidation sites excluding steroid dienone is 2. The van der Waals surface area contributed by atoms with Crippen molar-refractivity contribution in [1.29, 1.82) is 0 Å². The van der Waals surface area contributed by atoms with Gasteiger partial charge < -0.3 is 10.5 Å². The molecular formula is C17H22BrNO. The number of benzene rings is 1. The van der Waals surface area contributed by atoms with Gasteiger partial charge in [0.25, 0.3) is 0 Å². The summed E-state index contributed by atoms with van der Waals surface area (Å²) in [7, 11) is 0. The van der Waals surface area contributed by atoms with E-state index in [9.17, 15) is 0 Å². The molecule has 0 saturated heterocycles. The van der Waals surface area contributed by atoms with Gasteiger partial charge in [-0.1, -0.05) is 34.5 Å². The van der Waals surface area contributed by atoms with Gasteiger partial charge in [-0.05, 0) is 43.9 Å². The van der Waals surface area contributed by atoms with Crippen molar-refractivity contribution >= 4 is 15.9 Å². The van der Waals surface area contributed by atoms with E-state index in [4.69, 9.17) is 10.5 Å². The SMILES string of the molecule is CC1=CC(C)CC(C2CC(N)c3cc(Br)ccc3O2)C1. The lowest BCUT2D eigenvalue weighted by Gasteiger charge is -2.38. The van der Waals surface area contributed by atoms with Gasteiger partial charge in [-0.2, -0.15) is 0 Å². The van der Waals surface area contributed by atoms with Gasteiger partial charge >= 0.3 is 0 Å². The Kier molecular flexibility index (Phi) is 3.91. The molecular weight excluding hydrogens is 314 g/mol. The lowest BCUT2D eigenvalue weighted by atomic mass is 9.78. The topological polar surface area (TPSA) is 35.2 Å². The van der Waals surface area contributed by atoms with Crippen molar-refractivity contribution in [2.75, 3.05) is 0 Å². The third kappa shape index (κ3) is 2.79. The summed E-state index contributed by atoms with van der Waals surface area (Å²) in [4.78, 5) is 0. The van der Waals surface area contributed by atoms with Gasteiger partial charge in [-0.3, -0.25) is 0 Å². The molecule has 0 amide bonds. The second kappa shape index (κ2) is 5.53. The molecule has 3 rings (SSSR count). The van der Waals surface area contributed by atoms with Gasteiger partial charge in [0.15, 0.2) is 0 Å². The van der Waals surface area contributed by atoms with Crippen molar-refractivity contribution in [3.63, 3.8) is 0 Å². The van der Waals surface area contributed by atoms with Crippen LogP contribution in [0.3, 0.4) is 0 Å². The number of hydrogen-bond acceptors (Lipinski definition) is 2. The summed E-state index contributed by atoms with van der Waals surface area (Å²) in [5, 5.41) is 0. The molecule has 1 aliphatic heterocycles. The van der Waals surface area contributed by atoms with E-state index in [0.717, 1.165) is 28.6 Å². The Morgan fingerprint density at radius 3 is 2.85 bits per heavy atom. The van der Waals surface area contributed by atoms with Crippen LogP contribution in [0.2, 0.25) is 0 Å². The minimum absolute atomic E-state index is 0.0859. The first-order chi connectivity index (χ1) is 9.52. The molecule has 1 aliphatic carbocycles. The van der Waals surface area contributed by atoms with Gasteiger partial charge in [0.05, 0.1) is 0 Å². The molecule has 1 aromatic carbocycles. The highest BCUT2D eigenvalue weighted by Gasteiger charge is 2.33. The van der Waals surface area contributed by atoms with E-state index in [0.29, 0.717) is 11.8 Å². The molecule has 2 N–H and O–H groups in total. The summed E-state index contributed by atoms with van der Waals surface area (Å²) in [5.74, 6) is 2.22. The predicted molar refractivity (Wildman–Crippen MR) is 85.7 cm³/mol. The van der Waals surface area contributed by atoms with Crippen molar-refractivity contribution < 1.29 is 4.74 Å². The zero-order valence-electron chi connectivity index (χ0n) is 12.1. The van der Waals surface area contributed by atoms with E-state index in [-0.39, 0.29) is 12.1 Å². The molecule has 0 radical (unpaired) electrons. The summed E-state index contributed by atoms with van der Waals surface area (Å²) in [6, 6.07) is 6.25. The van der Waals surface area contributed by atoms with E-state index in [1.54, 1.807) is 0 Å². The lowest BCUT2D eigenvalue weighted by Crippen LogP contribution is -2.37. The third-order valence-corrected chi connectivity index (χ3v) is 4.98. The van der Waals surface area contributed by atoms with Crippen molar-refractivity contribution in [3.8, 4) is 5.75 Å². The quantitative estimate of drug-likeness (QED) is 0.761. The van der Waals surface area contributed by atoms with Crippen molar-refractivity contribution in [2.45, 2.75) is 45.3 Å². The third-order valence-electron chi connectivity index (χ3n) is 4.49. The Balaban J connectivity index is 1.81. The van der Waals surface area contributed by atoms with Crippen LogP contribution < -0.4 is 10.5 Å². The summed E-state index contributed by atoms with van der Waals surface area (Å²) < 4.78 is 7.33. The number of halogens is 1. The normalized spacial score (nSPS) is 33.1. The smallest absolute Gasteiger partial charge is 0.124 e. The minimum atomic E-state index is 0.0859. The largest absolute Gasteiger partial charge is 0.490 e. The molecule has 20 heavy (non-hydrogen) atoms. The molecule has 4 unspecified atom stereocenters. The Bertz CT molecular complexity index is 540. The summed E-state index contributed by atoms with van der Waals surface area (Å²) in [5.41, 5.74) is 8.99. The fourth-order valence-corrected chi connectivity index (χ4v) is 4.05. The van der Waals surface area contributed by atoms with Gasteiger partial charge in [0.1, 0.15) is 11.9 Å². The highest BCUT2D eigenvalue weighted by Crippen LogP contribution is 2.41. The molecule has 1 aromatic rings. The Labute approximate surface area is 129 Å². The Hall–Kier alpha value is -0.800. The van der Waals surface area contributed by atoms with Crippen LogP contribution >= 0.6 is 15.9 Å². The van der Waals surface area contributed by atoms with E-state index < -0.39 is 0 Å². The van der Waals surface area contributed by atoms with Crippen molar-refractivity contribution in [2.24, 2.45) is 17.6 Å². The maximum atomic E-state index is 6.37. The summed E-state index contributed by atoms with van der Waals surface area (Å²) in [6.45, 7) is 4.53. The molecule has 2 aliphatic rings. The minimum Gasteiger partial charge on any atom is -0.490 e.